The van der Waals surface area contributed by atoms with Crippen LogP contribution in [0.3, 0.4) is 0 Å². The third-order valence-electron chi connectivity index (χ3n) is 2.01. The van der Waals surface area contributed by atoms with Gasteiger partial charge in [0.05, 0.1) is 0 Å². The van der Waals surface area contributed by atoms with Crippen molar-refractivity contribution < 1.29 is 0 Å². The van der Waals surface area contributed by atoms with Crippen molar-refractivity contribution in [3.63, 3.8) is 0 Å². The largest absolute Gasteiger partial charge is 0.324 e. The minimum atomic E-state index is 0.0370. The summed E-state index contributed by atoms with van der Waals surface area (Å²) in [5.41, 5.74) is 8.69. The van der Waals surface area contributed by atoms with Gasteiger partial charge in [-0.25, -0.2) is 0 Å². The standard InChI is InChI=1S/C10H10BrN3S2/c1-6(12)8-3-2-7(4-9(8)11)16-10-14-13-5-15-10/h2-6H,12H2,1H3/t6-/m1/s1. The smallest absolute Gasteiger partial charge is 0.178 e. The van der Waals surface area contributed by atoms with E-state index in [-0.39, 0.29) is 6.04 Å². The average molecular weight is 316 g/mol. The van der Waals surface area contributed by atoms with Gasteiger partial charge >= 0.3 is 0 Å². The maximum Gasteiger partial charge on any atom is 0.178 e. The van der Waals surface area contributed by atoms with Crippen molar-refractivity contribution in [2.24, 2.45) is 5.73 Å². The number of hydrogen-bond acceptors (Lipinski definition) is 5. The number of hydrogen-bond donors (Lipinski definition) is 1. The lowest BCUT2D eigenvalue weighted by atomic mass is 10.1. The number of aromatic nitrogens is 2. The van der Waals surface area contributed by atoms with Crippen LogP contribution < -0.4 is 5.73 Å². The topological polar surface area (TPSA) is 51.8 Å². The van der Waals surface area contributed by atoms with Crippen molar-refractivity contribution in [3.05, 3.63) is 33.7 Å². The molecule has 0 aliphatic carbocycles. The van der Waals surface area contributed by atoms with Gasteiger partial charge < -0.3 is 5.73 Å². The van der Waals surface area contributed by atoms with E-state index < -0.39 is 0 Å². The van der Waals surface area contributed by atoms with Crippen LogP contribution in [0.2, 0.25) is 0 Å². The van der Waals surface area contributed by atoms with Gasteiger partial charge in [-0.15, -0.1) is 10.2 Å². The summed E-state index contributed by atoms with van der Waals surface area (Å²) in [6, 6.07) is 6.19. The molecule has 84 valence electrons. The van der Waals surface area contributed by atoms with E-state index in [4.69, 9.17) is 5.73 Å². The highest BCUT2D eigenvalue weighted by Gasteiger charge is 2.07. The second-order valence-electron chi connectivity index (χ2n) is 3.28. The van der Waals surface area contributed by atoms with E-state index in [9.17, 15) is 0 Å². The van der Waals surface area contributed by atoms with Crippen LogP contribution in [-0.2, 0) is 0 Å². The van der Waals surface area contributed by atoms with Gasteiger partial charge in [-0.2, -0.15) is 0 Å². The van der Waals surface area contributed by atoms with Gasteiger partial charge in [-0.1, -0.05) is 45.1 Å². The molecule has 2 rings (SSSR count). The Hall–Kier alpha value is -0.430. The van der Waals surface area contributed by atoms with E-state index in [1.807, 2.05) is 13.0 Å². The summed E-state index contributed by atoms with van der Waals surface area (Å²) in [6.07, 6.45) is 0. The SMILES string of the molecule is C[C@@H](N)c1ccc(Sc2nncs2)cc1Br. The lowest BCUT2D eigenvalue weighted by Crippen LogP contribution is -2.05. The molecule has 0 saturated carbocycles. The summed E-state index contributed by atoms with van der Waals surface area (Å²) >= 11 is 6.66. The molecule has 2 N–H and O–H groups in total. The van der Waals surface area contributed by atoms with Gasteiger partial charge in [-0.05, 0) is 24.6 Å². The van der Waals surface area contributed by atoms with Crippen LogP contribution in [0.25, 0.3) is 0 Å². The minimum Gasteiger partial charge on any atom is -0.324 e. The van der Waals surface area contributed by atoms with Gasteiger partial charge in [0.1, 0.15) is 5.51 Å². The van der Waals surface area contributed by atoms with Crippen molar-refractivity contribution in [2.45, 2.75) is 22.2 Å². The molecule has 3 nitrogen and oxygen atoms in total. The van der Waals surface area contributed by atoms with Gasteiger partial charge in [-0.3, -0.25) is 0 Å². The number of nitrogens with two attached hydrogens (primary N) is 1. The number of halogens is 1. The molecule has 1 atom stereocenters. The average Bonchev–Trinajstić information content (AvgIpc) is 2.70. The molecular weight excluding hydrogens is 306 g/mol. The van der Waals surface area contributed by atoms with Crippen LogP contribution in [0.1, 0.15) is 18.5 Å². The number of nitrogens with zero attached hydrogens (tertiary/aromatic N) is 2. The zero-order valence-electron chi connectivity index (χ0n) is 8.55. The summed E-state index contributed by atoms with van der Waals surface area (Å²) in [5, 5.41) is 7.79. The molecule has 1 heterocycles. The first-order valence-corrected chi connectivity index (χ1v) is 7.15. The van der Waals surface area contributed by atoms with Crippen LogP contribution in [0.15, 0.2) is 37.4 Å². The summed E-state index contributed by atoms with van der Waals surface area (Å²) in [5.74, 6) is 0. The normalized spacial score (nSPS) is 12.7. The fourth-order valence-electron chi connectivity index (χ4n) is 1.25. The van der Waals surface area contributed by atoms with Crippen molar-refractivity contribution in [2.75, 3.05) is 0 Å². The molecule has 2 aromatic rings. The Morgan fingerprint density at radius 2 is 2.31 bits per heavy atom. The monoisotopic (exact) mass is 315 g/mol. The van der Waals surface area contributed by atoms with E-state index >= 15 is 0 Å². The van der Waals surface area contributed by atoms with Gasteiger partial charge in [0.25, 0.3) is 0 Å². The van der Waals surface area contributed by atoms with Crippen molar-refractivity contribution in [1.29, 1.82) is 0 Å². The zero-order valence-corrected chi connectivity index (χ0v) is 11.8. The van der Waals surface area contributed by atoms with E-state index in [0.29, 0.717) is 0 Å². The Balaban J connectivity index is 2.21. The molecule has 0 spiro atoms. The van der Waals surface area contributed by atoms with E-state index in [0.717, 1.165) is 19.3 Å². The van der Waals surface area contributed by atoms with Gasteiger partial charge in [0.15, 0.2) is 4.34 Å². The highest BCUT2D eigenvalue weighted by molar-refractivity contribution is 9.10. The van der Waals surface area contributed by atoms with Crippen molar-refractivity contribution in [1.82, 2.24) is 10.2 Å². The van der Waals surface area contributed by atoms with Crippen molar-refractivity contribution >= 4 is 39.0 Å². The Kier molecular flexibility index (Phi) is 3.96. The molecule has 0 amide bonds. The van der Waals surface area contributed by atoms with Crippen LogP contribution in [0.4, 0.5) is 0 Å². The second-order valence-corrected chi connectivity index (χ2v) is 6.29. The fourth-order valence-corrected chi connectivity index (χ4v) is 3.63. The van der Waals surface area contributed by atoms with E-state index in [2.05, 4.69) is 38.3 Å². The molecule has 0 fully saturated rings. The summed E-state index contributed by atoms with van der Waals surface area (Å²) in [6.45, 7) is 1.97. The Morgan fingerprint density at radius 3 is 2.88 bits per heavy atom. The third-order valence-corrected chi connectivity index (χ3v) is 4.46. The molecule has 1 aromatic heterocycles. The predicted octanol–water partition coefficient (Wildman–Crippen LogP) is 3.47. The zero-order chi connectivity index (χ0) is 11.5. The van der Waals surface area contributed by atoms with Gasteiger partial charge in [0, 0.05) is 15.4 Å². The highest BCUT2D eigenvalue weighted by atomic mass is 79.9. The maximum atomic E-state index is 5.84. The molecule has 16 heavy (non-hydrogen) atoms. The summed E-state index contributed by atoms with van der Waals surface area (Å²) in [4.78, 5) is 1.13. The number of benzene rings is 1. The van der Waals surface area contributed by atoms with Crippen LogP contribution in [0.5, 0.6) is 0 Å². The van der Waals surface area contributed by atoms with Crippen LogP contribution in [-0.4, -0.2) is 10.2 Å². The molecule has 0 radical (unpaired) electrons. The molecule has 0 unspecified atom stereocenters. The number of rotatable bonds is 3. The first-order chi connectivity index (χ1) is 7.66. The third kappa shape index (κ3) is 2.82. The maximum absolute atomic E-state index is 5.84. The van der Waals surface area contributed by atoms with E-state index in [1.165, 1.54) is 11.3 Å². The Labute approximate surface area is 111 Å². The fraction of sp³-hybridized carbons (Fsp3) is 0.200. The van der Waals surface area contributed by atoms with Crippen molar-refractivity contribution in [3.8, 4) is 0 Å². The van der Waals surface area contributed by atoms with Crippen LogP contribution in [0, 0.1) is 0 Å². The van der Waals surface area contributed by atoms with Crippen LogP contribution >= 0.6 is 39.0 Å². The molecule has 0 bridgehead atoms. The highest BCUT2D eigenvalue weighted by Crippen LogP contribution is 2.32. The minimum absolute atomic E-state index is 0.0370. The first kappa shape index (κ1) is 12.0. The second kappa shape index (κ2) is 5.27. The molecule has 0 saturated heterocycles. The summed E-state index contributed by atoms with van der Waals surface area (Å²) < 4.78 is 1.98. The lowest BCUT2D eigenvalue weighted by molar-refractivity contribution is 0.811. The lowest BCUT2D eigenvalue weighted by Gasteiger charge is -2.09. The Morgan fingerprint density at radius 1 is 1.50 bits per heavy atom. The first-order valence-electron chi connectivity index (χ1n) is 4.66. The quantitative estimate of drug-likeness (QED) is 0.942. The molecule has 1 aromatic carbocycles. The Bertz CT molecular complexity index is 471. The molecule has 6 heteroatoms. The molecule has 0 aliphatic heterocycles. The summed E-state index contributed by atoms with van der Waals surface area (Å²) in [7, 11) is 0. The van der Waals surface area contributed by atoms with E-state index in [1.54, 1.807) is 17.3 Å². The molecular formula is C10H10BrN3S2. The predicted molar refractivity (Wildman–Crippen MR) is 70.8 cm³/mol. The molecule has 0 aliphatic rings. The van der Waals surface area contributed by atoms with Gasteiger partial charge in [0.2, 0.25) is 0 Å².